The fourth-order valence-electron chi connectivity index (χ4n) is 0.950. The molecule has 1 aliphatic carbocycles. The molecule has 0 saturated heterocycles. The molecule has 0 N–H and O–H groups in total. The Labute approximate surface area is 53.2 Å². The molecule has 0 amide bonds. The Kier molecular flexibility index (Phi) is 1.28. The summed E-state index contributed by atoms with van der Waals surface area (Å²) < 4.78 is 12.8. The lowest BCUT2D eigenvalue weighted by Crippen LogP contribution is -2.14. The third-order valence-corrected chi connectivity index (χ3v) is 1.54. The first-order valence-corrected chi connectivity index (χ1v) is 2.85. The van der Waals surface area contributed by atoms with E-state index < -0.39 is 5.67 Å². The summed E-state index contributed by atoms with van der Waals surface area (Å²) in [6, 6.07) is 0. The monoisotopic (exact) mass is 126 g/mol. The van der Waals surface area contributed by atoms with Gasteiger partial charge in [-0.3, -0.25) is 4.79 Å². The van der Waals surface area contributed by atoms with Crippen LogP contribution in [0.3, 0.4) is 0 Å². The zero-order valence-electron chi connectivity index (χ0n) is 4.98. The van der Waals surface area contributed by atoms with Gasteiger partial charge in [0.05, 0.1) is 6.42 Å². The van der Waals surface area contributed by atoms with Crippen LogP contribution in [0, 0.1) is 12.3 Å². The van der Waals surface area contributed by atoms with E-state index in [1.165, 1.54) is 0 Å². The summed E-state index contributed by atoms with van der Waals surface area (Å²) in [7, 11) is 0. The van der Waals surface area contributed by atoms with Gasteiger partial charge in [-0.15, -0.1) is 6.42 Å². The third-order valence-electron chi connectivity index (χ3n) is 1.54. The summed E-state index contributed by atoms with van der Waals surface area (Å²) in [6.45, 7) is 0. The zero-order valence-corrected chi connectivity index (χ0v) is 4.98. The Morgan fingerprint density at radius 1 is 1.78 bits per heavy atom. The summed E-state index contributed by atoms with van der Waals surface area (Å²) in [5.41, 5.74) is -1.61. The first-order chi connectivity index (χ1) is 4.16. The molecule has 1 atom stereocenters. The average molecular weight is 126 g/mol. The number of rotatable bonds is 0. The predicted octanol–water partition coefficient (Wildman–Crippen LogP) is 1.08. The molecule has 1 nitrogen and oxygen atoms in total. The van der Waals surface area contributed by atoms with Crippen molar-refractivity contribution in [3.05, 3.63) is 0 Å². The SMILES string of the molecule is C#CC1(F)CCC(=O)C1. The highest BCUT2D eigenvalue weighted by atomic mass is 19.1. The number of hydrogen-bond donors (Lipinski definition) is 0. The van der Waals surface area contributed by atoms with Crippen LogP contribution in [0.1, 0.15) is 19.3 Å². The van der Waals surface area contributed by atoms with Crippen molar-refractivity contribution in [2.45, 2.75) is 24.9 Å². The van der Waals surface area contributed by atoms with Crippen LogP contribution in [0.15, 0.2) is 0 Å². The van der Waals surface area contributed by atoms with Crippen LogP contribution in [0.2, 0.25) is 0 Å². The van der Waals surface area contributed by atoms with Crippen LogP contribution in [0.5, 0.6) is 0 Å². The molecule has 1 unspecified atom stereocenters. The van der Waals surface area contributed by atoms with E-state index in [2.05, 4.69) is 0 Å². The van der Waals surface area contributed by atoms with Crippen LogP contribution in [0.4, 0.5) is 4.39 Å². The van der Waals surface area contributed by atoms with E-state index in [1.54, 1.807) is 0 Å². The summed E-state index contributed by atoms with van der Waals surface area (Å²) in [4.78, 5) is 10.5. The van der Waals surface area contributed by atoms with E-state index in [9.17, 15) is 9.18 Å². The molecule has 0 aromatic heterocycles. The Hall–Kier alpha value is -0.840. The summed E-state index contributed by atoms with van der Waals surface area (Å²) in [5, 5.41) is 0. The van der Waals surface area contributed by atoms with E-state index in [0.717, 1.165) is 0 Å². The maximum Gasteiger partial charge on any atom is 0.177 e. The van der Waals surface area contributed by atoms with Gasteiger partial charge in [0.25, 0.3) is 0 Å². The van der Waals surface area contributed by atoms with Crippen LogP contribution < -0.4 is 0 Å². The van der Waals surface area contributed by atoms with Gasteiger partial charge in [-0.2, -0.15) is 0 Å². The number of Topliss-reactive ketones (excluding diaryl/α,β-unsaturated/α-hetero) is 1. The number of alkyl halides is 1. The first-order valence-electron chi connectivity index (χ1n) is 2.85. The van der Waals surface area contributed by atoms with Gasteiger partial charge in [0.1, 0.15) is 5.78 Å². The van der Waals surface area contributed by atoms with Gasteiger partial charge < -0.3 is 0 Å². The van der Waals surface area contributed by atoms with Crippen molar-refractivity contribution in [2.24, 2.45) is 0 Å². The maximum atomic E-state index is 12.8. The lowest BCUT2D eigenvalue weighted by molar-refractivity contribution is -0.117. The Balaban J connectivity index is 2.68. The maximum absolute atomic E-state index is 12.8. The van der Waals surface area contributed by atoms with Crippen molar-refractivity contribution >= 4 is 5.78 Å². The van der Waals surface area contributed by atoms with Crippen molar-refractivity contribution in [3.63, 3.8) is 0 Å². The van der Waals surface area contributed by atoms with Gasteiger partial charge in [-0.25, -0.2) is 4.39 Å². The molecule has 0 aromatic carbocycles. The zero-order chi connectivity index (χ0) is 6.91. The highest BCUT2D eigenvalue weighted by molar-refractivity contribution is 5.82. The van der Waals surface area contributed by atoms with E-state index >= 15 is 0 Å². The summed E-state index contributed by atoms with van der Waals surface area (Å²) in [5.74, 6) is 1.92. The van der Waals surface area contributed by atoms with Crippen molar-refractivity contribution in [3.8, 4) is 12.3 Å². The minimum atomic E-state index is -1.61. The van der Waals surface area contributed by atoms with E-state index in [0.29, 0.717) is 6.42 Å². The van der Waals surface area contributed by atoms with Gasteiger partial charge in [0.2, 0.25) is 0 Å². The molecule has 0 spiro atoms. The molecule has 0 aliphatic heterocycles. The molecule has 1 fully saturated rings. The van der Waals surface area contributed by atoms with Crippen molar-refractivity contribution < 1.29 is 9.18 Å². The molecule has 0 aromatic rings. The molecule has 1 rings (SSSR count). The lowest BCUT2D eigenvalue weighted by Gasteiger charge is -2.06. The molecular formula is C7H7FO. The minimum absolute atomic E-state index is 0.0598. The second-order valence-electron chi connectivity index (χ2n) is 2.33. The minimum Gasteiger partial charge on any atom is -0.300 e. The predicted molar refractivity (Wildman–Crippen MR) is 31.5 cm³/mol. The van der Waals surface area contributed by atoms with Gasteiger partial charge in [0.15, 0.2) is 5.67 Å². The highest BCUT2D eigenvalue weighted by Crippen LogP contribution is 2.29. The van der Waals surface area contributed by atoms with Crippen LogP contribution in [-0.2, 0) is 4.79 Å². The average Bonchev–Trinajstić information content (AvgIpc) is 2.13. The second kappa shape index (κ2) is 1.84. The molecular weight excluding hydrogens is 119 g/mol. The van der Waals surface area contributed by atoms with Crippen LogP contribution in [-0.4, -0.2) is 11.5 Å². The third kappa shape index (κ3) is 1.10. The van der Waals surface area contributed by atoms with E-state index in [1.807, 2.05) is 5.92 Å². The summed E-state index contributed by atoms with van der Waals surface area (Å²) in [6.07, 6.45) is 5.29. The topological polar surface area (TPSA) is 17.1 Å². The molecule has 0 bridgehead atoms. The van der Waals surface area contributed by atoms with Gasteiger partial charge in [-0.1, -0.05) is 5.92 Å². The highest BCUT2D eigenvalue weighted by Gasteiger charge is 2.36. The molecule has 1 saturated carbocycles. The number of halogens is 1. The molecule has 0 heterocycles. The fourth-order valence-corrected chi connectivity index (χ4v) is 0.950. The van der Waals surface area contributed by atoms with Gasteiger partial charge in [-0.05, 0) is 0 Å². The number of carbonyl (C=O) groups is 1. The van der Waals surface area contributed by atoms with Crippen LogP contribution in [0.25, 0.3) is 0 Å². The largest absolute Gasteiger partial charge is 0.300 e. The Morgan fingerprint density at radius 3 is 2.67 bits per heavy atom. The molecule has 2 heteroatoms. The normalized spacial score (nSPS) is 34.4. The smallest absolute Gasteiger partial charge is 0.177 e. The number of ketones is 1. The van der Waals surface area contributed by atoms with Crippen LogP contribution >= 0.6 is 0 Å². The molecule has 1 aliphatic rings. The lowest BCUT2D eigenvalue weighted by atomic mass is 10.1. The Morgan fingerprint density at radius 2 is 2.44 bits per heavy atom. The molecule has 9 heavy (non-hydrogen) atoms. The summed E-state index contributed by atoms with van der Waals surface area (Å²) >= 11 is 0. The number of terminal acetylenes is 1. The van der Waals surface area contributed by atoms with Gasteiger partial charge in [0, 0.05) is 12.8 Å². The number of carbonyl (C=O) groups excluding carboxylic acids is 1. The van der Waals surface area contributed by atoms with E-state index in [-0.39, 0.29) is 18.6 Å². The Bertz CT molecular complexity index is 180. The van der Waals surface area contributed by atoms with Crippen molar-refractivity contribution in [1.82, 2.24) is 0 Å². The number of hydrogen-bond acceptors (Lipinski definition) is 1. The van der Waals surface area contributed by atoms with Gasteiger partial charge >= 0.3 is 0 Å². The second-order valence-corrected chi connectivity index (χ2v) is 2.33. The van der Waals surface area contributed by atoms with E-state index in [4.69, 9.17) is 6.42 Å². The quantitative estimate of drug-likeness (QED) is 0.444. The first kappa shape index (κ1) is 6.28. The van der Waals surface area contributed by atoms with Crippen molar-refractivity contribution in [2.75, 3.05) is 0 Å². The standard InChI is InChI=1S/C7H7FO/c1-2-7(8)4-3-6(9)5-7/h1H,3-5H2. The molecule has 48 valence electrons. The molecule has 0 radical (unpaired) electrons. The fraction of sp³-hybridized carbons (Fsp3) is 0.571. The van der Waals surface area contributed by atoms with Crippen molar-refractivity contribution in [1.29, 1.82) is 0 Å².